The first-order chi connectivity index (χ1) is 11.5. The molecular formula is C16H30CoN3O6+3. The maximum absolute atomic E-state index is 8.46. The van der Waals surface area contributed by atoms with Gasteiger partial charge in [-0.25, -0.2) is 4.98 Å². The molecule has 0 aliphatic rings. The number of carbonyl (C=O) groups excluding carboxylic acids is 4. The van der Waals surface area contributed by atoms with Crippen LogP contribution in [0, 0.1) is 10.1 Å². The fraction of sp³-hybridized carbons (Fsp3) is 0.562. The minimum atomic E-state index is 0. The summed E-state index contributed by atoms with van der Waals surface area (Å²) in [6, 6.07) is 0. The number of hydrogen-bond donors (Lipinski definition) is 1. The molecule has 1 aromatic rings. The number of nitrogens with one attached hydrogen (secondary N) is 1. The second-order valence-electron chi connectivity index (χ2n) is 5.50. The number of rotatable bonds is 5. The molecule has 0 aromatic carbocycles. The molecule has 10 heteroatoms. The van der Waals surface area contributed by atoms with Crippen molar-refractivity contribution < 1.29 is 36.0 Å². The van der Waals surface area contributed by atoms with Gasteiger partial charge in [0.1, 0.15) is 5.82 Å². The maximum Gasteiger partial charge on any atom is 0.302 e. The normalized spacial score (nSPS) is 8.12. The number of imidazole rings is 1. The van der Waals surface area contributed by atoms with Crippen LogP contribution in [0.15, 0.2) is 17.7 Å². The number of aromatic amines is 1. The number of aromatic nitrogens is 2. The van der Waals surface area contributed by atoms with Crippen LogP contribution in [-0.4, -0.2) is 52.3 Å². The third-order valence-corrected chi connectivity index (χ3v) is 2.09. The Morgan fingerprint density at radius 1 is 1.04 bits per heavy atom. The average Bonchev–Trinajstić information content (AvgIpc) is 2.91. The van der Waals surface area contributed by atoms with Crippen LogP contribution in [0.2, 0.25) is 0 Å². The molecule has 0 amide bonds. The van der Waals surface area contributed by atoms with Gasteiger partial charge in [0.25, 0.3) is 0 Å². The molecule has 0 bridgehead atoms. The van der Waals surface area contributed by atoms with Crippen LogP contribution in [0.4, 0.5) is 0 Å². The van der Waals surface area contributed by atoms with E-state index in [1.165, 1.54) is 0 Å². The Kier molecular flexibility index (Phi) is 25.3. The summed E-state index contributed by atoms with van der Waals surface area (Å²) in [5.41, 5.74) is 0. The van der Waals surface area contributed by atoms with Crippen LogP contribution in [0.3, 0.4) is 0 Å². The minimum Gasteiger partial charge on any atom is -0.444 e. The molecule has 1 radical (unpaired) electrons. The second kappa shape index (κ2) is 20.8. The van der Waals surface area contributed by atoms with Crippen molar-refractivity contribution in [3.05, 3.63) is 28.3 Å². The largest absolute Gasteiger partial charge is 0.444 e. The predicted molar refractivity (Wildman–Crippen MR) is 102 cm³/mol. The molecule has 0 unspecified atom stereocenters. The van der Waals surface area contributed by atoms with E-state index in [0.29, 0.717) is 18.8 Å². The SMILES string of the molecule is CC(=[OH+])CC(C)=[OH+].CC(=[OH+])CC(C)=[OH+].CC(C)c1ncc[nH]1.O=N[O-].[Co]. The van der Waals surface area contributed by atoms with E-state index in [4.69, 9.17) is 29.3 Å². The van der Waals surface area contributed by atoms with E-state index >= 15 is 0 Å². The summed E-state index contributed by atoms with van der Waals surface area (Å²) in [4.78, 5) is 48.9. The zero-order valence-electron chi connectivity index (χ0n) is 16.0. The van der Waals surface area contributed by atoms with Crippen molar-refractivity contribution >= 4 is 23.1 Å². The first-order valence-corrected chi connectivity index (χ1v) is 7.47. The molecule has 1 rings (SSSR count). The molecule has 0 saturated heterocycles. The van der Waals surface area contributed by atoms with Crippen molar-refractivity contribution in [1.82, 2.24) is 9.97 Å². The van der Waals surface area contributed by atoms with E-state index < -0.39 is 0 Å². The number of H-pyrrole nitrogens is 1. The van der Waals surface area contributed by atoms with Gasteiger partial charge in [0, 0.05) is 62.8 Å². The van der Waals surface area contributed by atoms with Crippen molar-refractivity contribution in [2.75, 3.05) is 0 Å². The molecule has 26 heavy (non-hydrogen) atoms. The fourth-order valence-corrected chi connectivity index (χ4v) is 1.33. The van der Waals surface area contributed by atoms with Crippen molar-refractivity contribution in [2.24, 2.45) is 5.34 Å². The van der Waals surface area contributed by atoms with Gasteiger partial charge in [-0.1, -0.05) is 13.8 Å². The third-order valence-electron chi connectivity index (χ3n) is 2.09. The van der Waals surface area contributed by atoms with Gasteiger partial charge in [0.2, 0.25) is 0 Å². The van der Waals surface area contributed by atoms with E-state index in [1.54, 1.807) is 33.9 Å². The van der Waals surface area contributed by atoms with Crippen LogP contribution < -0.4 is 0 Å². The molecule has 0 saturated carbocycles. The van der Waals surface area contributed by atoms with E-state index in [-0.39, 0.29) is 39.9 Å². The van der Waals surface area contributed by atoms with Crippen molar-refractivity contribution in [3.63, 3.8) is 0 Å². The standard InChI is InChI=1S/C6H10N2.2C5H8O2.Co.HNO2/c1-5(2)6-7-3-4-8-6;2*1-4(6)3-5(2)7;;2-1-3/h3-5H,1-2H3,(H,7,8);2*3H2,1-2H3;;(H,2,3)/p+3. The minimum absolute atomic E-state index is 0. The Balaban J connectivity index is -0.000000128. The monoisotopic (exact) mass is 419 g/mol. The Labute approximate surface area is 163 Å². The summed E-state index contributed by atoms with van der Waals surface area (Å²) >= 11 is 0. The summed E-state index contributed by atoms with van der Waals surface area (Å²) in [7, 11) is 0. The number of nitrogens with zero attached hydrogens (tertiary/aromatic N) is 2. The first kappa shape index (κ1) is 31.6. The average molecular weight is 419 g/mol. The Bertz CT molecular complexity index is 480. The van der Waals surface area contributed by atoms with Crippen LogP contribution in [0.1, 0.15) is 66.1 Å². The maximum atomic E-state index is 8.46. The van der Waals surface area contributed by atoms with Crippen molar-refractivity contribution in [3.8, 4) is 0 Å². The van der Waals surface area contributed by atoms with E-state index in [9.17, 15) is 0 Å². The second-order valence-corrected chi connectivity index (χ2v) is 5.50. The Hall–Kier alpha value is -2.20. The van der Waals surface area contributed by atoms with Gasteiger partial charge >= 0.3 is 23.1 Å². The van der Waals surface area contributed by atoms with Gasteiger partial charge in [-0.05, 0) is 0 Å². The number of ketones is 4. The fourth-order valence-electron chi connectivity index (χ4n) is 1.33. The Morgan fingerprint density at radius 3 is 1.42 bits per heavy atom. The van der Waals surface area contributed by atoms with E-state index in [2.05, 4.69) is 23.8 Å². The molecule has 5 N–H and O–H groups in total. The molecule has 0 atom stereocenters. The summed E-state index contributed by atoms with van der Waals surface area (Å²) < 4.78 is 0. The molecule has 1 aromatic heterocycles. The zero-order chi connectivity index (χ0) is 20.4. The quantitative estimate of drug-likeness (QED) is 0.336. The molecule has 0 spiro atoms. The van der Waals surface area contributed by atoms with Gasteiger partial charge < -0.3 is 15.1 Å². The molecule has 0 aliphatic carbocycles. The molecular weight excluding hydrogens is 389 g/mol. The van der Waals surface area contributed by atoms with Crippen LogP contribution in [0.5, 0.6) is 0 Å². The molecule has 9 nitrogen and oxygen atoms in total. The molecule has 1 heterocycles. The molecule has 0 aliphatic heterocycles. The third kappa shape index (κ3) is 33.4. The van der Waals surface area contributed by atoms with Crippen LogP contribution in [-0.2, 0) is 16.8 Å². The summed E-state index contributed by atoms with van der Waals surface area (Å²) in [6.45, 7) is 10.4. The molecule has 0 fully saturated rings. The molecule has 151 valence electrons. The first-order valence-electron chi connectivity index (χ1n) is 7.47. The topological polar surface area (TPSA) is 167 Å². The van der Waals surface area contributed by atoms with Gasteiger partial charge in [0.05, 0.1) is 0 Å². The Morgan fingerprint density at radius 2 is 1.35 bits per heavy atom. The van der Waals surface area contributed by atoms with Gasteiger partial charge in [-0.3, -0.25) is 19.2 Å². The predicted octanol–water partition coefficient (Wildman–Crippen LogP) is 2.79. The smallest absolute Gasteiger partial charge is 0.302 e. The summed E-state index contributed by atoms with van der Waals surface area (Å²) in [5, 5.41) is 9.00. The van der Waals surface area contributed by atoms with Gasteiger partial charge in [0.15, 0.2) is 12.8 Å². The summed E-state index contributed by atoms with van der Waals surface area (Å²) in [5.74, 6) is 2.58. The van der Waals surface area contributed by atoms with E-state index in [0.717, 1.165) is 11.2 Å². The van der Waals surface area contributed by atoms with Crippen molar-refractivity contribution in [1.29, 1.82) is 0 Å². The van der Waals surface area contributed by atoms with Crippen LogP contribution >= 0.6 is 0 Å². The van der Waals surface area contributed by atoms with Gasteiger partial charge in [-0.2, -0.15) is 0 Å². The van der Waals surface area contributed by atoms with Crippen LogP contribution in [0.25, 0.3) is 0 Å². The van der Waals surface area contributed by atoms with Gasteiger partial charge in [-0.15, -0.1) is 5.34 Å². The van der Waals surface area contributed by atoms with Crippen molar-refractivity contribution in [2.45, 2.75) is 60.3 Å². The number of hydrogen-bond acceptors (Lipinski definition) is 4. The van der Waals surface area contributed by atoms with E-state index in [1.807, 2.05) is 6.20 Å². The zero-order valence-corrected chi connectivity index (χ0v) is 17.0. The summed E-state index contributed by atoms with van der Waals surface area (Å²) in [6.07, 6.45) is 4.23.